The highest BCUT2D eigenvalue weighted by Gasteiger charge is 2.22. The van der Waals surface area contributed by atoms with Crippen LogP contribution in [-0.2, 0) is 0 Å². The van der Waals surface area contributed by atoms with Crippen LogP contribution in [0.4, 0.5) is 0 Å². The Morgan fingerprint density at radius 1 is 1.29 bits per heavy atom. The third-order valence-corrected chi connectivity index (χ3v) is 3.07. The first-order chi connectivity index (χ1) is 6.59. The fourth-order valence-electron chi connectivity index (χ4n) is 2.08. The molecule has 2 nitrogen and oxygen atoms in total. The minimum Gasteiger partial charge on any atom is -0.315 e. The average molecular weight is 198 g/mol. The third-order valence-electron chi connectivity index (χ3n) is 3.07. The van der Waals surface area contributed by atoms with Gasteiger partial charge in [-0.2, -0.15) is 0 Å². The van der Waals surface area contributed by atoms with E-state index in [1.165, 1.54) is 19.5 Å². The summed E-state index contributed by atoms with van der Waals surface area (Å²) in [4.78, 5) is 2.61. The Morgan fingerprint density at radius 3 is 2.50 bits per heavy atom. The Labute approximate surface area is 89.1 Å². The van der Waals surface area contributed by atoms with Crippen molar-refractivity contribution in [2.75, 3.05) is 26.2 Å². The number of hydrogen-bond acceptors (Lipinski definition) is 2. The van der Waals surface area contributed by atoms with Crippen molar-refractivity contribution in [3.8, 4) is 0 Å². The lowest BCUT2D eigenvalue weighted by atomic mass is 10.2. The molecule has 0 amide bonds. The van der Waals surface area contributed by atoms with Gasteiger partial charge in [0.25, 0.3) is 0 Å². The average Bonchev–Trinajstić information content (AvgIpc) is 2.51. The molecular weight excluding hydrogens is 172 g/mol. The zero-order valence-electron chi connectivity index (χ0n) is 10.2. The molecule has 0 aromatic rings. The molecule has 0 radical (unpaired) electrons. The zero-order valence-corrected chi connectivity index (χ0v) is 10.2. The van der Waals surface area contributed by atoms with Gasteiger partial charge in [-0.05, 0) is 38.3 Å². The second-order valence-corrected chi connectivity index (χ2v) is 5.29. The summed E-state index contributed by atoms with van der Waals surface area (Å²) < 4.78 is 0. The van der Waals surface area contributed by atoms with E-state index in [2.05, 4.69) is 37.9 Å². The van der Waals surface area contributed by atoms with E-state index in [1.807, 2.05) is 0 Å². The molecule has 2 unspecified atom stereocenters. The Hall–Kier alpha value is -0.0800. The van der Waals surface area contributed by atoms with E-state index in [0.29, 0.717) is 6.04 Å². The van der Waals surface area contributed by atoms with Crippen LogP contribution in [0, 0.1) is 11.8 Å². The second-order valence-electron chi connectivity index (χ2n) is 5.29. The van der Waals surface area contributed by atoms with Crippen LogP contribution in [0.1, 0.15) is 34.1 Å². The predicted octanol–water partition coefficient (Wildman–Crippen LogP) is 1.96. The molecule has 1 rings (SSSR count). The van der Waals surface area contributed by atoms with Crippen molar-refractivity contribution in [3.05, 3.63) is 0 Å². The van der Waals surface area contributed by atoms with Gasteiger partial charge in [0.05, 0.1) is 0 Å². The maximum atomic E-state index is 3.53. The molecule has 0 spiro atoms. The summed E-state index contributed by atoms with van der Waals surface area (Å²) in [6, 6.07) is 0.707. The van der Waals surface area contributed by atoms with Gasteiger partial charge < -0.3 is 5.32 Å². The summed E-state index contributed by atoms with van der Waals surface area (Å²) in [5.41, 5.74) is 0. The van der Waals surface area contributed by atoms with Gasteiger partial charge >= 0.3 is 0 Å². The number of likely N-dealkylation sites (tertiary alicyclic amines) is 1. The summed E-state index contributed by atoms with van der Waals surface area (Å²) in [5, 5.41) is 3.53. The van der Waals surface area contributed by atoms with Crippen molar-refractivity contribution in [2.45, 2.75) is 40.2 Å². The summed E-state index contributed by atoms with van der Waals surface area (Å²) in [6.45, 7) is 14.1. The third kappa shape index (κ3) is 3.97. The maximum Gasteiger partial charge on any atom is 0.0192 e. The first-order valence-corrected chi connectivity index (χ1v) is 6.04. The molecule has 0 aromatic carbocycles. The zero-order chi connectivity index (χ0) is 10.6. The van der Waals surface area contributed by atoms with Gasteiger partial charge in [-0.25, -0.2) is 0 Å². The Morgan fingerprint density at radius 2 is 2.00 bits per heavy atom. The van der Waals surface area contributed by atoms with Crippen molar-refractivity contribution in [1.82, 2.24) is 10.2 Å². The van der Waals surface area contributed by atoms with Gasteiger partial charge in [0.1, 0.15) is 0 Å². The number of rotatable bonds is 5. The van der Waals surface area contributed by atoms with Crippen LogP contribution in [0.3, 0.4) is 0 Å². The van der Waals surface area contributed by atoms with Gasteiger partial charge in [-0.3, -0.25) is 4.90 Å². The van der Waals surface area contributed by atoms with E-state index in [1.54, 1.807) is 0 Å². The minimum atomic E-state index is 0.707. The van der Waals surface area contributed by atoms with Crippen LogP contribution < -0.4 is 5.32 Å². The van der Waals surface area contributed by atoms with Gasteiger partial charge in [-0.15, -0.1) is 0 Å². The fraction of sp³-hybridized carbons (Fsp3) is 1.00. The fourth-order valence-corrected chi connectivity index (χ4v) is 2.08. The van der Waals surface area contributed by atoms with Crippen LogP contribution in [-0.4, -0.2) is 37.1 Å². The van der Waals surface area contributed by atoms with Crippen LogP contribution >= 0.6 is 0 Å². The highest BCUT2D eigenvalue weighted by molar-refractivity contribution is 4.78. The van der Waals surface area contributed by atoms with Gasteiger partial charge in [0, 0.05) is 19.1 Å². The maximum absolute atomic E-state index is 3.53. The number of nitrogens with one attached hydrogen (secondary N) is 1. The monoisotopic (exact) mass is 198 g/mol. The molecule has 0 saturated carbocycles. The molecule has 84 valence electrons. The van der Waals surface area contributed by atoms with Crippen molar-refractivity contribution >= 4 is 0 Å². The molecule has 14 heavy (non-hydrogen) atoms. The highest BCUT2D eigenvalue weighted by atomic mass is 15.2. The lowest BCUT2D eigenvalue weighted by Crippen LogP contribution is -2.39. The quantitative estimate of drug-likeness (QED) is 0.726. The largest absolute Gasteiger partial charge is 0.315 e. The first kappa shape index (κ1) is 12.0. The van der Waals surface area contributed by atoms with Crippen LogP contribution in [0.15, 0.2) is 0 Å². The molecule has 1 heterocycles. The van der Waals surface area contributed by atoms with Gasteiger partial charge in [-0.1, -0.05) is 20.8 Å². The second kappa shape index (κ2) is 5.72. The van der Waals surface area contributed by atoms with Crippen molar-refractivity contribution in [2.24, 2.45) is 11.8 Å². The molecule has 1 aliphatic heterocycles. The normalized spacial score (nSPS) is 25.9. The summed E-state index contributed by atoms with van der Waals surface area (Å²) in [5.74, 6) is 1.67. The molecule has 0 aromatic heterocycles. The standard InChI is InChI=1S/C12H26N2/c1-10(2)7-13-8-12(4)14-6-5-11(3)9-14/h10-13H,5-9H2,1-4H3. The molecule has 2 heteroatoms. The van der Waals surface area contributed by atoms with Gasteiger partial charge in [0.2, 0.25) is 0 Å². The highest BCUT2D eigenvalue weighted by Crippen LogP contribution is 2.17. The van der Waals surface area contributed by atoms with Gasteiger partial charge in [0.15, 0.2) is 0 Å². The Kier molecular flexibility index (Phi) is 4.90. The number of nitrogens with zero attached hydrogens (tertiary/aromatic N) is 1. The van der Waals surface area contributed by atoms with E-state index >= 15 is 0 Å². The molecule has 1 saturated heterocycles. The van der Waals surface area contributed by atoms with Crippen molar-refractivity contribution < 1.29 is 0 Å². The summed E-state index contributed by atoms with van der Waals surface area (Å²) >= 11 is 0. The van der Waals surface area contributed by atoms with E-state index < -0.39 is 0 Å². The molecule has 0 aliphatic carbocycles. The molecule has 1 aliphatic rings. The van der Waals surface area contributed by atoms with Crippen LogP contribution in [0.25, 0.3) is 0 Å². The van der Waals surface area contributed by atoms with E-state index in [0.717, 1.165) is 24.9 Å². The predicted molar refractivity (Wildman–Crippen MR) is 62.5 cm³/mol. The van der Waals surface area contributed by atoms with Crippen LogP contribution in [0.2, 0.25) is 0 Å². The Balaban J connectivity index is 2.12. The molecule has 0 bridgehead atoms. The van der Waals surface area contributed by atoms with E-state index in [-0.39, 0.29) is 0 Å². The van der Waals surface area contributed by atoms with Crippen molar-refractivity contribution in [1.29, 1.82) is 0 Å². The SMILES string of the molecule is CC(C)CNCC(C)N1CCC(C)C1. The topological polar surface area (TPSA) is 15.3 Å². The lowest BCUT2D eigenvalue weighted by molar-refractivity contribution is 0.243. The van der Waals surface area contributed by atoms with Crippen molar-refractivity contribution in [3.63, 3.8) is 0 Å². The minimum absolute atomic E-state index is 0.707. The first-order valence-electron chi connectivity index (χ1n) is 6.04. The molecule has 1 fully saturated rings. The molecule has 2 atom stereocenters. The number of hydrogen-bond donors (Lipinski definition) is 1. The van der Waals surface area contributed by atoms with E-state index in [4.69, 9.17) is 0 Å². The molecular formula is C12H26N2. The van der Waals surface area contributed by atoms with E-state index in [9.17, 15) is 0 Å². The molecule has 1 N–H and O–H groups in total. The smallest absolute Gasteiger partial charge is 0.0192 e. The lowest BCUT2D eigenvalue weighted by Gasteiger charge is -2.24. The van der Waals surface area contributed by atoms with Crippen LogP contribution in [0.5, 0.6) is 0 Å². The summed E-state index contributed by atoms with van der Waals surface area (Å²) in [6.07, 6.45) is 1.38. The Bertz CT molecular complexity index is 156. The summed E-state index contributed by atoms with van der Waals surface area (Å²) in [7, 11) is 0.